The van der Waals surface area contributed by atoms with E-state index in [9.17, 15) is 19.4 Å². The van der Waals surface area contributed by atoms with E-state index in [1.807, 2.05) is 27.2 Å². The molecule has 0 aromatic heterocycles. The largest absolute Gasteiger partial charge is 0.472 e. The van der Waals surface area contributed by atoms with E-state index < -0.39 is 20.0 Å². The first kappa shape index (κ1) is 65.2. The van der Waals surface area contributed by atoms with Crippen LogP contribution in [0.25, 0.3) is 0 Å². The lowest BCUT2D eigenvalue weighted by Crippen LogP contribution is -2.45. The summed E-state index contributed by atoms with van der Waals surface area (Å²) in [5.41, 5.74) is 0. The van der Waals surface area contributed by atoms with Gasteiger partial charge in [0.1, 0.15) is 13.2 Å². The number of phosphoric ester groups is 1. The number of hydrogen-bond donors (Lipinski definition) is 3. The summed E-state index contributed by atoms with van der Waals surface area (Å²) in [4.78, 5) is 23.2. The number of allylic oxidation sites excluding steroid dienone is 9. The quantitative estimate of drug-likeness (QED) is 0.0243. The molecule has 0 rings (SSSR count). The Morgan fingerprint density at radius 2 is 0.866 bits per heavy atom. The Morgan fingerprint density at radius 3 is 1.30 bits per heavy atom. The van der Waals surface area contributed by atoms with Crippen LogP contribution in [0.5, 0.6) is 0 Å². The summed E-state index contributed by atoms with van der Waals surface area (Å²) >= 11 is 0. The van der Waals surface area contributed by atoms with Crippen LogP contribution in [0.2, 0.25) is 0 Å². The lowest BCUT2D eigenvalue weighted by molar-refractivity contribution is -0.870. The zero-order valence-corrected chi connectivity index (χ0v) is 45.5. The minimum absolute atomic E-state index is 0.0529. The fraction of sp³-hybridized carbons (Fsp3) is 0.810. The zero-order chi connectivity index (χ0) is 49.2. The number of aliphatic hydroxyl groups is 1. The van der Waals surface area contributed by atoms with Crippen molar-refractivity contribution in [3.05, 3.63) is 60.8 Å². The average molecular weight is 962 g/mol. The Kier molecular flexibility index (Phi) is 47.9. The van der Waals surface area contributed by atoms with Gasteiger partial charge in [-0.05, 0) is 77.0 Å². The van der Waals surface area contributed by atoms with E-state index in [2.05, 4.69) is 67.8 Å². The van der Waals surface area contributed by atoms with Crippen LogP contribution in [-0.2, 0) is 18.4 Å². The van der Waals surface area contributed by atoms with Crippen LogP contribution in [-0.4, -0.2) is 73.4 Å². The van der Waals surface area contributed by atoms with Gasteiger partial charge in [-0.2, -0.15) is 0 Å². The molecule has 67 heavy (non-hydrogen) atoms. The van der Waals surface area contributed by atoms with Crippen LogP contribution < -0.4 is 5.32 Å². The number of nitrogens with one attached hydrogen (secondary N) is 1. The fourth-order valence-electron chi connectivity index (χ4n) is 7.99. The summed E-state index contributed by atoms with van der Waals surface area (Å²) in [6.07, 6.45) is 66.2. The van der Waals surface area contributed by atoms with Crippen LogP contribution >= 0.6 is 7.82 Å². The van der Waals surface area contributed by atoms with Gasteiger partial charge in [0, 0.05) is 6.42 Å². The Labute approximate surface area is 415 Å². The fourth-order valence-corrected chi connectivity index (χ4v) is 8.72. The number of amides is 1. The third-order valence-electron chi connectivity index (χ3n) is 12.4. The van der Waals surface area contributed by atoms with Gasteiger partial charge in [-0.3, -0.25) is 13.8 Å². The standard InChI is InChI=1S/C58H109N2O6P/c1-6-8-10-12-14-16-18-20-22-23-24-25-26-27-28-29-30-31-32-33-34-35-36-37-38-40-42-44-46-48-50-52-58(62)59-56(55-66-67(63,64)65-54-53-60(3,4)5)57(61)51-49-47-45-43-41-39-21-19-17-15-13-11-9-7-2/h17-20,23-24,41,43,49,51,56-57,61H,6-16,21-22,25-40,42,44-48,50,52-55H2,1-5H3,(H-,59,62,63,64)/p+1/b19-17+,20-18-,24-23-,43-41+,51-49+. The summed E-state index contributed by atoms with van der Waals surface area (Å²) in [5.74, 6) is -0.190. The first-order valence-corrected chi connectivity index (χ1v) is 29.7. The van der Waals surface area contributed by atoms with Gasteiger partial charge in [-0.15, -0.1) is 0 Å². The van der Waals surface area contributed by atoms with Crippen molar-refractivity contribution in [2.75, 3.05) is 40.9 Å². The SMILES string of the molecule is CCCCCC/C=C/CC/C=C/CC/C=C/C(O)C(COP(=O)(O)OCC[N+](C)(C)C)NC(=O)CCCCCCCCCCCCCCCCCCCCC/C=C\C/C=C\CCCCCCC. The molecule has 0 aliphatic carbocycles. The molecule has 0 heterocycles. The number of nitrogens with zero attached hydrogens (tertiary/aromatic N) is 1. The molecule has 0 bridgehead atoms. The van der Waals surface area contributed by atoms with Crippen molar-refractivity contribution in [3.8, 4) is 0 Å². The molecule has 0 aromatic rings. The van der Waals surface area contributed by atoms with E-state index in [4.69, 9.17) is 9.05 Å². The highest BCUT2D eigenvalue weighted by atomic mass is 31.2. The van der Waals surface area contributed by atoms with Gasteiger partial charge in [0.15, 0.2) is 0 Å². The van der Waals surface area contributed by atoms with Crippen molar-refractivity contribution in [2.45, 2.75) is 264 Å². The molecule has 3 atom stereocenters. The van der Waals surface area contributed by atoms with Gasteiger partial charge in [-0.25, -0.2) is 4.57 Å². The first-order valence-electron chi connectivity index (χ1n) is 28.2. The molecule has 1 amide bonds. The Hall–Kier alpha value is -1.80. The van der Waals surface area contributed by atoms with Crippen molar-refractivity contribution >= 4 is 13.7 Å². The van der Waals surface area contributed by atoms with E-state index in [1.54, 1.807) is 6.08 Å². The lowest BCUT2D eigenvalue weighted by atomic mass is 10.0. The molecule has 0 aromatic carbocycles. The minimum Gasteiger partial charge on any atom is -0.387 e. The highest BCUT2D eigenvalue weighted by molar-refractivity contribution is 7.47. The van der Waals surface area contributed by atoms with E-state index in [0.29, 0.717) is 17.4 Å². The number of aliphatic hydroxyl groups excluding tert-OH is 1. The third-order valence-corrected chi connectivity index (χ3v) is 13.4. The molecule has 0 aliphatic rings. The Morgan fingerprint density at radius 1 is 0.507 bits per heavy atom. The van der Waals surface area contributed by atoms with Gasteiger partial charge in [0.05, 0.1) is 39.9 Å². The van der Waals surface area contributed by atoms with Crippen LogP contribution in [0, 0.1) is 0 Å². The number of phosphoric acid groups is 1. The highest BCUT2D eigenvalue weighted by Gasteiger charge is 2.27. The molecule has 0 fully saturated rings. The molecule has 0 spiro atoms. The summed E-state index contributed by atoms with van der Waals surface area (Å²) in [6, 6.07) is -0.869. The summed E-state index contributed by atoms with van der Waals surface area (Å²) < 4.78 is 23.6. The maximum absolute atomic E-state index is 12.9. The zero-order valence-electron chi connectivity index (χ0n) is 44.6. The lowest BCUT2D eigenvalue weighted by Gasteiger charge is -2.25. The molecule has 0 saturated heterocycles. The average Bonchev–Trinajstić information content (AvgIpc) is 3.29. The smallest absolute Gasteiger partial charge is 0.387 e. The van der Waals surface area contributed by atoms with E-state index in [1.165, 1.54) is 180 Å². The monoisotopic (exact) mass is 962 g/mol. The predicted molar refractivity (Wildman–Crippen MR) is 290 cm³/mol. The van der Waals surface area contributed by atoms with Crippen molar-refractivity contribution < 1.29 is 32.9 Å². The number of carbonyl (C=O) groups is 1. The third kappa shape index (κ3) is 51.9. The molecule has 0 aliphatic heterocycles. The van der Waals surface area contributed by atoms with Crippen LogP contribution in [0.4, 0.5) is 0 Å². The van der Waals surface area contributed by atoms with Crippen LogP contribution in [0.15, 0.2) is 60.8 Å². The van der Waals surface area contributed by atoms with Crippen molar-refractivity contribution in [3.63, 3.8) is 0 Å². The number of rotatable bonds is 51. The Bertz CT molecular complexity index is 1270. The molecule has 0 saturated carbocycles. The topological polar surface area (TPSA) is 105 Å². The van der Waals surface area contributed by atoms with Gasteiger partial charge in [0.25, 0.3) is 0 Å². The summed E-state index contributed by atoms with van der Waals surface area (Å²) in [6.45, 7) is 4.76. The van der Waals surface area contributed by atoms with Crippen LogP contribution in [0.3, 0.4) is 0 Å². The Balaban J connectivity index is 4.10. The number of likely N-dealkylation sites (N-methyl/N-ethyl adjacent to an activating group) is 1. The van der Waals surface area contributed by atoms with Gasteiger partial charge in [-0.1, -0.05) is 229 Å². The molecule has 9 heteroatoms. The number of carbonyl (C=O) groups excluding carboxylic acids is 1. The van der Waals surface area contributed by atoms with Crippen molar-refractivity contribution in [2.24, 2.45) is 0 Å². The molecule has 3 N–H and O–H groups in total. The van der Waals surface area contributed by atoms with E-state index in [0.717, 1.165) is 51.4 Å². The second-order valence-electron chi connectivity index (χ2n) is 20.3. The van der Waals surface area contributed by atoms with Crippen molar-refractivity contribution in [1.82, 2.24) is 5.32 Å². The first-order chi connectivity index (χ1) is 32.5. The number of quaternary nitrogens is 1. The molecule has 8 nitrogen and oxygen atoms in total. The van der Waals surface area contributed by atoms with Gasteiger partial charge < -0.3 is 19.8 Å². The summed E-state index contributed by atoms with van der Waals surface area (Å²) in [5, 5.41) is 13.9. The second-order valence-corrected chi connectivity index (χ2v) is 21.7. The van der Waals surface area contributed by atoms with Crippen LogP contribution in [0.1, 0.15) is 251 Å². The van der Waals surface area contributed by atoms with Gasteiger partial charge in [0.2, 0.25) is 5.91 Å². The van der Waals surface area contributed by atoms with Crippen molar-refractivity contribution in [1.29, 1.82) is 0 Å². The highest BCUT2D eigenvalue weighted by Crippen LogP contribution is 2.43. The van der Waals surface area contributed by atoms with E-state index in [-0.39, 0.29) is 19.1 Å². The summed E-state index contributed by atoms with van der Waals surface area (Å²) in [7, 11) is 1.55. The maximum atomic E-state index is 12.9. The second kappa shape index (κ2) is 49.2. The number of hydrogen-bond acceptors (Lipinski definition) is 5. The minimum atomic E-state index is -4.35. The molecule has 3 unspecified atom stereocenters. The predicted octanol–water partition coefficient (Wildman–Crippen LogP) is 16.9. The molecular formula is C58H110N2O6P+. The van der Waals surface area contributed by atoms with E-state index >= 15 is 0 Å². The normalized spacial score (nSPS) is 14.4. The molecule has 392 valence electrons. The molecule has 0 radical (unpaired) electrons. The maximum Gasteiger partial charge on any atom is 0.472 e. The number of unbranched alkanes of at least 4 members (excludes halogenated alkanes) is 30. The van der Waals surface area contributed by atoms with Gasteiger partial charge >= 0.3 is 7.82 Å². The molecular weight excluding hydrogens is 852 g/mol.